The van der Waals surface area contributed by atoms with Gasteiger partial charge < -0.3 is 0 Å². The second kappa shape index (κ2) is 6.76. The van der Waals surface area contributed by atoms with Gasteiger partial charge in [-0.05, 0) is 28.7 Å². The summed E-state index contributed by atoms with van der Waals surface area (Å²) in [4.78, 5) is 13.3. The van der Waals surface area contributed by atoms with E-state index < -0.39 is 0 Å². The maximum Gasteiger partial charge on any atom is 0.164 e. The van der Waals surface area contributed by atoms with Crippen LogP contribution in [0.2, 0.25) is 0 Å². The lowest BCUT2D eigenvalue weighted by Gasteiger charge is -2.36. The molecule has 1 nitrogen and oxygen atoms in total. The Hall–Kier alpha value is -2.93. The Morgan fingerprint density at radius 1 is 0.654 bits per heavy atom. The molecule has 1 heteroatoms. The van der Waals surface area contributed by atoms with Crippen LogP contribution in [0.15, 0.2) is 91.0 Å². The number of benzene rings is 3. The minimum atomic E-state index is -0.179. The number of carbonyl (C=O) groups is 1. The zero-order valence-electron chi connectivity index (χ0n) is 15.0. The minimum Gasteiger partial charge on any atom is -0.294 e. The zero-order chi connectivity index (χ0) is 18.0. The van der Waals surface area contributed by atoms with Gasteiger partial charge in [0.15, 0.2) is 5.78 Å². The van der Waals surface area contributed by atoms with Crippen LogP contribution in [0.4, 0.5) is 0 Å². The Balaban J connectivity index is 1.90. The molecule has 128 valence electrons. The normalized spacial score (nSPS) is 20.3. The average molecular weight is 338 g/mol. The van der Waals surface area contributed by atoms with Crippen molar-refractivity contribution in [1.29, 1.82) is 0 Å². The van der Waals surface area contributed by atoms with Crippen LogP contribution in [-0.4, -0.2) is 5.78 Å². The van der Waals surface area contributed by atoms with Gasteiger partial charge in [0.1, 0.15) is 0 Å². The summed E-state index contributed by atoms with van der Waals surface area (Å²) in [5.74, 6) is 0.229. The lowest BCUT2D eigenvalue weighted by Crippen LogP contribution is -2.31. The largest absolute Gasteiger partial charge is 0.294 e. The first-order valence-electron chi connectivity index (χ1n) is 9.10. The van der Waals surface area contributed by atoms with Gasteiger partial charge in [-0.25, -0.2) is 0 Å². The van der Waals surface area contributed by atoms with E-state index in [1.807, 2.05) is 54.6 Å². The maximum atomic E-state index is 13.3. The van der Waals surface area contributed by atoms with Gasteiger partial charge in [0.25, 0.3) is 0 Å². The molecule has 0 aliphatic heterocycles. The van der Waals surface area contributed by atoms with Crippen molar-refractivity contribution < 1.29 is 4.79 Å². The molecular formula is C25H22O. The molecule has 0 saturated carbocycles. The summed E-state index contributed by atoms with van der Waals surface area (Å²) in [5, 5.41) is 0. The van der Waals surface area contributed by atoms with Crippen molar-refractivity contribution in [1.82, 2.24) is 0 Å². The first-order chi connectivity index (χ1) is 12.7. The standard InChI is InChI=1S/C25H22O/c1-25(21-15-9-4-10-16-21)17-22(19-11-5-2-6-12-19)24(23(26)18-25)20-13-7-3-8-14-20/h2-16H,17-18H2,1H3. The van der Waals surface area contributed by atoms with Crippen molar-refractivity contribution >= 4 is 16.9 Å². The zero-order valence-corrected chi connectivity index (χ0v) is 15.0. The van der Waals surface area contributed by atoms with Crippen LogP contribution in [0.1, 0.15) is 36.5 Å². The molecule has 1 aliphatic carbocycles. The molecule has 0 saturated heterocycles. The summed E-state index contributed by atoms with van der Waals surface area (Å²) in [7, 11) is 0. The summed E-state index contributed by atoms with van der Waals surface area (Å²) >= 11 is 0. The number of allylic oxidation sites excluding steroid dienone is 2. The van der Waals surface area contributed by atoms with E-state index in [0.717, 1.165) is 28.7 Å². The fourth-order valence-electron chi connectivity index (χ4n) is 4.02. The molecule has 0 heterocycles. The second-order valence-corrected chi connectivity index (χ2v) is 7.29. The molecule has 3 aromatic rings. The van der Waals surface area contributed by atoms with Gasteiger partial charge >= 0.3 is 0 Å². The molecule has 0 N–H and O–H groups in total. The van der Waals surface area contributed by atoms with E-state index in [0.29, 0.717) is 6.42 Å². The quantitative estimate of drug-likeness (QED) is 0.579. The Morgan fingerprint density at radius 3 is 1.73 bits per heavy atom. The predicted octanol–water partition coefficient (Wildman–Crippen LogP) is 5.92. The molecule has 1 aliphatic rings. The average Bonchev–Trinajstić information content (AvgIpc) is 2.69. The van der Waals surface area contributed by atoms with Crippen LogP contribution in [-0.2, 0) is 10.2 Å². The molecule has 3 aromatic carbocycles. The highest BCUT2D eigenvalue weighted by Gasteiger charge is 2.38. The summed E-state index contributed by atoms with van der Waals surface area (Å²) in [5.41, 5.74) is 5.24. The number of carbonyl (C=O) groups excluding carboxylic acids is 1. The fraction of sp³-hybridized carbons (Fsp3) is 0.160. The van der Waals surface area contributed by atoms with E-state index >= 15 is 0 Å². The molecule has 0 spiro atoms. The summed E-state index contributed by atoms with van der Waals surface area (Å²) < 4.78 is 0. The Bertz CT molecular complexity index is 939. The van der Waals surface area contributed by atoms with Gasteiger partial charge in [-0.3, -0.25) is 4.79 Å². The highest BCUT2D eigenvalue weighted by Crippen LogP contribution is 2.46. The molecule has 0 amide bonds. The smallest absolute Gasteiger partial charge is 0.164 e. The number of hydrogen-bond acceptors (Lipinski definition) is 1. The molecule has 26 heavy (non-hydrogen) atoms. The first kappa shape index (κ1) is 16.5. The lowest BCUT2D eigenvalue weighted by molar-refractivity contribution is -0.115. The first-order valence-corrected chi connectivity index (χ1v) is 9.10. The van der Waals surface area contributed by atoms with E-state index in [9.17, 15) is 4.79 Å². The Kier molecular flexibility index (Phi) is 4.30. The molecule has 0 radical (unpaired) electrons. The number of rotatable bonds is 3. The third kappa shape index (κ3) is 3.01. The van der Waals surface area contributed by atoms with E-state index in [2.05, 4.69) is 43.3 Å². The fourth-order valence-corrected chi connectivity index (χ4v) is 4.02. The summed E-state index contributed by atoms with van der Waals surface area (Å²) in [6.07, 6.45) is 1.40. The van der Waals surface area contributed by atoms with Gasteiger partial charge in [-0.2, -0.15) is 0 Å². The van der Waals surface area contributed by atoms with Gasteiger partial charge in [0, 0.05) is 17.4 Å². The third-order valence-electron chi connectivity index (χ3n) is 5.35. The maximum absolute atomic E-state index is 13.3. The van der Waals surface area contributed by atoms with Crippen LogP contribution < -0.4 is 0 Å². The molecule has 4 rings (SSSR count). The van der Waals surface area contributed by atoms with Crippen molar-refractivity contribution in [2.45, 2.75) is 25.2 Å². The molecule has 0 fully saturated rings. The van der Waals surface area contributed by atoms with Gasteiger partial charge in [-0.1, -0.05) is 97.9 Å². The number of ketones is 1. The SMILES string of the molecule is CC1(c2ccccc2)CC(=O)C(c2ccccc2)=C(c2ccccc2)C1. The molecule has 0 bridgehead atoms. The highest BCUT2D eigenvalue weighted by atomic mass is 16.1. The topological polar surface area (TPSA) is 17.1 Å². The van der Waals surface area contributed by atoms with E-state index in [4.69, 9.17) is 0 Å². The molecule has 0 aromatic heterocycles. The van der Waals surface area contributed by atoms with Crippen LogP contribution >= 0.6 is 0 Å². The van der Waals surface area contributed by atoms with Crippen molar-refractivity contribution in [3.8, 4) is 0 Å². The van der Waals surface area contributed by atoms with Gasteiger partial charge in [-0.15, -0.1) is 0 Å². The number of hydrogen-bond donors (Lipinski definition) is 0. The molecular weight excluding hydrogens is 316 g/mol. The van der Waals surface area contributed by atoms with Crippen LogP contribution in [0.5, 0.6) is 0 Å². The Labute approximate surface area is 155 Å². The molecule has 1 unspecified atom stereocenters. The second-order valence-electron chi connectivity index (χ2n) is 7.29. The van der Waals surface area contributed by atoms with Crippen LogP contribution in [0.3, 0.4) is 0 Å². The highest BCUT2D eigenvalue weighted by molar-refractivity contribution is 6.29. The van der Waals surface area contributed by atoms with Crippen molar-refractivity contribution in [2.24, 2.45) is 0 Å². The van der Waals surface area contributed by atoms with Gasteiger partial charge in [0.05, 0.1) is 0 Å². The summed E-state index contributed by atoms with van der Waals surface area (Å²) in [6.45, 7) is 2.21. The van der Waals surface area contributed by atoms with E-state index in [1.54, 1.807) is 0 Å². The van der Waals surface area contributed by atoms with Crippen molar-refractivity contribution in [2.75, 3.05) is 0 Å². The lowest BCUT2D eigenvalue weighted by atomic mass is 9.66. The molecule has 1 atom stereocenters. The monoisotopic (exact) mass is 338 g/mol. The third-order valence-corrected chi connectivity index (χ3v) is 5.35. The van der Waals surface area contributed by atoms with Crippen LogP contribution in [0.25, 0.3) is 11.1 Å². The van der Waals surface area contributed by atoms with E-state index in [1.165, 1.54) is 5.56 Å². The minimum absolute atomic E-state index is 0.179. The van der Waals surface area contributed by atoms with E-state index in [-0.39, 0.29) is 11.2 Å². The van der Waals surface area contributed by atoms with Crippen molar-refractivity contribution in [3.63, 3.8) is 0 Å². The van der Waals surface area contributed by atoms with Gasteiger partial charge in [0.2, 0.25) is 0 Å². The van der Waals surface area contributed by atoms with Crippen LogP contribution in [0, 0.1) is 0 Å². The predicted molar refractivity (Wildman–Crippen MR) is 108 cm³/mol. The summed E-state index contributed by atoms with van der Waals surface area (Å²) in [6, 6.07) is 30.9. The van der Waals surface area contributed by atoms with Crippen molar-refractivity contribution in [3.05, 3.63) is 108 Å². The number of Topliss-reactive ketones (excluding diaryl/α,β-unsaturated/α-hetero) is 1. The Morgan fingerprint density at radius 2 is 1.15 bits per heavy atom.